The first-order chi connectivity index (χ1) is 9.82. The Labute approximate surface area is 131 Å². The normalized spacial score (nSPS) is 12.2. The molecule has 1 heterocycles. The van der Waals surface area contributed by atoms with Crippen molar-refractivity contribution in [3.8, 4) is 0 Å². The van der Waals surface area contributed by atoms with Crippen LogP contribution in [0.25, 0.3) is 0 Å². The van der Waals surface area contributed by atoms with Gasteiger partial charge in [-0.05, 0) is 44.0 Å². The second-order valence-corrected chi connectivity index (χ2v) is 5.95. The number of hydrogen-bond acceptors (Lipinski definition) is 2. The lowest BCUT2D eigenvalue weighted by Gasteiger charge is -2.21. The average molecular weight is 350 g/mol. The van der Waals surface area contributed by atoms with Crippen molar-refractivity contribution in [2.24, 2.45) is 0 Å². The zero-order chi connectivity index (χ0) is 15.7. The number of aromatic nitrogens is 1. The maximum absolute atomic E-state index is 12.3. The second-order valence-electron chi connectivity index (χ2n) is 5.03. The van der Waals surface area contributed by atoms with Crippen LogP contribution in [0.2, 0.25) is 0 Å². The molecular formula is C16H16BrNO3. The Balaban J connectivity index is 2.66. The van der Waals surface area contributed by atoms with E-state index in [9.17, 15) is 14.7 Å². The third-order valence-corrected chi connectivity index (χ3v) is 4.12. The fourth-order valence-corrected chi connectivity index (χ4v) is 3.04. The number of benzene rings is 1. The van der Waals surface area contributed by atoms with E-state index < -0.39 is 5.97 Å². The van der Waals surface area contributed by atoms with Gasteiger partial charge in [-0.2, -0.15) is 0 Å². The van der Waals surface area contributed by atoms with E-state index in [4.69, 9.17) is 0 Å². The monoisotopic (exact) mass is 349 g/mol. The van der Waals surface area contributed by atoms with Crippen LogP contribution in [0.5, 0.6) is 0 Å². The second kappa shape index (κ2) is 5.85. The lowest BCUT2D eigenvalue weighted by molar-refractivity contribution is 0.0694. The molecular weight excluding hydrogens is 334 g/mol. The van der Waals surface area contributed by atoms with Crippen molar-refractivity contribution in [3.05, 3.63) is 67.5 Å². The molecule has 0 radical (unpaired) electrons. The summed E-state index contributed by atoms with van der Waals surface area (Å²) < 4.78 is 2.45. The number of nitrogens with zero attached hydrogens (tertiary/aromatic N) is 1. The van der Waals surface area contributed by atoms with E-state index in [1.807, 2.05) is 31.2 Å². The third-order valence-electron chi connectivity index (χ3n) is 3.63. The van der Waals surface area contributed by atoms with Crippen LogP contribution >= 0.6 is 15.9 Å². The first kappa shape index (κ1) is 15.5. The van der Waals surface area contributed by atoms with Gasteiger partial charge in [-0.1, -0.05) is 28.1 Å². The summed E-state index contributed by atoms with van der Waals surface area (Å²) in [7, 11) is 0. The number of carboxylic acids is 1. The largest absolute Gasteiger partial charge is 0.478 e. The highest BCUT2D eigenvalue weighted by Crippen LogP contribution is 2.23. The van der Waals surface area contributed by atoms with Crippen LogP contribution in [0.15, 0.2) is 39.6 Å². The van der Waals surface area contributed by atoms with Gasteiger partial charge in [0.1, 0.15) is 0 Å². The number of carbonyl (C=O) groups is 1. The molecule has 0 aliphatic carbocycles. The SMILES string of the molecule is Cc1cc(=O)n(C(C)c2cccc(Br)c2)c(C)c1C(=O)O. The summed E-state index contributed by atoms with van der Waals surface area (Å²) >= 11 is 3.41. The summed E-state index contributed by atoms with van der Waals surface area (Å²) in [6, 6.07) is 8.78. The maximum atomic E-state index is 12.3. The van der Waals surface area contributed by atoms with Gasteiger partial charge in [0.15, 0.2) is 0 Å². The van der Waals surface area contributed by atoms with E-state index in [0.29, 0.717) is 11.3 Å². The minimum absolute atomic E-state index is 0.191. The quantitative estimate of drug-likeness (QED) is 0.921. The van der Waals surface area contributed by atoms with Gasteiger partial charge in [-0.25, -0.2) is 4.79 Å². The zero-order valence-electron chi connectivity index (χ0n) is 12.1. The van der Waals surface area contributed by atoms with Crippen molar-refractivity contribution < 1.29 is 9.90 Å². The predicted molar refractivity (Wildman–Crippen MR) is 85.1 cm³/mol. The minimum atomic E-state index is -1.01. The van der Waals surface area contributed by atoms with Crippen LogP contribution in [0.3, 0.4) is 0 Å². The fraction of sp³-hybridized carbons (Fsp3) is 0.250. The molecule has 0 amide bonds. The fourth-order valence-electron chi connectivity index (χ4n) is 2.62. The maximum Gasteiger partial charge on any atom is 0.337 e. The van der Waals surface area contributed by atoms with E-state index in [-0.39, 0.29) is 17.2 Å². The van der Waals surface area contributed by atoms with Crippen molar-refractivity contribution in [2.45, 2.75) is 26.8 Å². The number of aryl methyl sites for hydroxylation is 1. The molecule has 1 unspecified atom stereocenters. The lowest BCUT2D eigenvalue weighted by Crippen LogP contribution is -2.28. The Kier molecular flexibility index (Phi) is 4.32. The molecule has 110 valence electrons. The molecule has 1 aromatic heterocycles. The number of carboxylic acid groups (broad SMARTS) is 1. The highest BCUT2D eigenvalue weighted by atomic mass is 79.9. The van der Waals surface area contributed by atoms with Crippen LogP contribution in [0, 0.1) is 13.8 Å². The number of hydrogen-bond donors (Lipinski definition) is 1. The summed E-state index contributed by atoms with van der Waals surface area (Å²) in [6.07, 6.45) is 0. The van der Waals surface area contributed by atoms with E-state index >= 15 is 0 Å². The van der Waals surface area contributed by atoms with Gasteiger partial charge in [0.05, 0.1) is 11.6 Å². The molecule has 5 heteroatoms. The van der Waals surface area contributed by atoms with Crippen LogP contribution in [-0.4, -0.2) is 15.6 Å². The van der Waals surface area contributed by atoms with Crippen molar-refractivity contribution in [2.75, 3.05) is 0 Å². The van der Waals surface area contributed by atoms with Crippen LogP contribution in [-0.2, 0) is 0 Å². The minimum Gasteiger partial charge on any atom is -0.478 e. The molecule has 0 bridgehead atoms. The Bertz CT molecular complexity index is 765. The topological polar surface area (TPSA) is 59.3 Å². The number of halogens is 1. The molecule has 0 fully saturated rings. The Morgan fingerprint density at radius 2 is 1.95 bits per heavy atom. The summed E-state index contributed by atoms with van der Waals surface area (Å²) in [5, 5.41) is 9.34. The molecule has 0 aliphatic rings. The van der Waals surface area contributed by atoms with Crippen LogP contribution in [0.1, 0.15) is 40.1 Å². The van der Waals surface area contributed by atoms with Crippen LogP contribution in [0.4, 0.5) is 0 Å². The first-order valence-corrected chi connectivity index (χ1v) is 7.33. The molecule has 0 saturated heterocycles. The molecule has 0 aliphatic heterocycles. The molecule has 2 rings (SSSR count). The molecule has 0 spiro atoms. The molecule has 4 nitrogen and oxygen atoms in total. The van der Waals surface area contributed by atoms with Crippen molar-refractivity contribution in [1.29, 1.82) is 0 Å². The van der Waals surface area contributed by atoms with E-state index in [2.05, 4.69) is 15.9 Å². The highest BCUT2D eigenvalue weighted by molar-refractivity contribution is 9.10. The standard InChI is InChI=1S/C16H16BrNO3/c1-9-7-14(19)18(11(3)15(9)16(20)21)10(2)12-5-4-6-13(17)8-12/h4-8,10H,1-3H3,(H,20,21). The molecule has 0 saturated carbocycles. The molecule has 1 N–H and O–H groups in total. The van der Waals surface area contributed by atoms with Gasteiger partial charge < -0.3 is 9.67 Å². The zero-order valence-corrected chi connectivity index (χ0v) is 13.6. The van der Waals surface area contributed by atoms with Gasteiger partial charge in [-0.15, -0.1) is 0 Å². The summed E-state index contributed by atoms with van der Waals surface area (Å²) in [6.45, 7) is 5.20. The Hall–Kier alpha value is -1.88. The number of pyridine rings is 1. The smallest absolute Gasteiger partial charge is 0.337 e. The van der Waals surface area contributed by atoms with Crippen LogP contribution < -0.4 is 5.56 Å². The van der Waals surface area contributed by atoms with Gasteiger partial charge in [-0.3, -0.25) is 4.79 Å². The Morgan fingerprint density at radius 3 is 2.52 bits per heavy atom. The van der Waals surface area contributed by atoms with E-state index in [1.54, 1.807) is 13.8 Å². The average Bonchev–Trinajstić information content (AvgIpc) is 2.37. The van der Waals surface area contributed by atoms with Gasteiger partial charge in [0.25, 0.3) is 5.56 Å². The van der Waals surface area contributed by atoms with E-state index in [0.717, 1.165) is 10.0 Å². The molecule has 1 aromatic carbocycles. The lowest BCUT2D eigenvalue weighted by atomic mass is 10.0. The van der Waals surface area contributed by atoms with Gasteiger partial charge in [0.2, 0.25) is 0 Å². The molecule has 2 aromatic rings. The summed E-state index contributed by atoms with van der Waals surface area (Å²) in [5.41, 5.74) is 1.90. The first-order valence-electron chi connectivity index (χ1n) is 6.54. The summed E-state index contributed by atoms with van der Waals surface area (Å²) in [4.78, 5) is 23.7. The highest BCUT2D eigenvalue weighted by Gasteiger charge is 2.19. The Morgan fingerprint density at radius 1 is 1.29 bits per heavy atom. The van der Waals surface area contributed by atoms with E-state index in [1.165, 1.54) is 10.6 Å². The van der Waals surface area contributed by atoms with Crippen molar-refractivity contribution >= 4 is 21.9 Å². The molecule has 1 atom stereocenters. The van der Waals surface area contributed by atoms with Gasteiger partial charge in [0, 0.05) is 16.2 Å². The predicted octanol–water partition coefficient (Wildman–Crippen LogP) is 3.54. The van der Waals surface area contributed by atoms with Gasteiger partial charge >= 0.3 is 5.97 Å². The summed E-state index contributed by atoms with van der Waals surface area (Å²) in [5.74, 6) is -1.01. The van der Waals surface area contributed by atoms with Crippen molar-refractivity contribution in [1.82, 2.24) is 4.57 Å². The third kappa shape index (κ3) is 2.93. The molecule has 21 heavy (non-hydrogen) atoms. The van der Waals surface area contributed by atoms with Crippen molar-refractivity contribution in [3.63, 3.8) is 0 Å². The number of aromatic carboxylic acids is 1. The number of rotatable bonds is 3.